The van der Waals surface area contributed by atoms with E-state index in [0.29, 0.717) is 0 Å². The summed E-state index contributed by atoms with van der Waals surface area (Å²) in [5.74, 6) is 0. The van der Waals surface area contributed by atoms with Gasteiger partial charge in [0.05, 0.1) is 6.04 Å². The molecule has 0 aliphatic rings. The summed E-state index contributed by atoms with van der Waals surface area (Å²) in [7, 11) is 0. The zero-order valence-corrected chi connectivity index (χ0v) is 8.41. The molecule has 0 aromatic carbocycles. The second-order valence-electron chi connectivity index (χ2n) is 3.45. The van der Waals surface area contributed by atoms with Gasteiger partial charge in [-0.3, -0.25) is 4.98 Å². The molecule has 0 saturated heterocycles. The summed E-state index contributed by atoms with van der Waals surface area (Å²) in [5, 5.41) is 0. The zero-order valence-electron chi connectivity index (χ0n) is 8.41. The van der Waals surface area contributed by atoms with Gasteiger partial charge in [0.2, 0.25) is 0 Å². The van der Waals surface area contributed by atoms with Gasteiger partial charge in [0, 0.05) is 11.9 Å². The van der Waals surface area contributed by atoms with Gasteiger partial charge in [-0.15, -0.1) is 0 Å². The molecule has 1 heterocycles. The van der Waals surface area contributed by atoms with E-state index in [-0.39, 0.29) is 6.04 Å². The first kappa shape index (κ1) is 9.93. The molecule has 0 fully saturated rings. The number of rotatable bonds is 2. The lowest BCUT2D eigenvalue weighted by atomic mass is 10.0. The van der Waals surface area contributed by atoms with Crippen molar-refractivity contribution in [2.24, 2.45) is 5.73 Å². The van der Waals surface area contributed by atoms with E-state index in [1.807, 2.05) is 39.0 Å². The second kappa shape index (κ2) is 4.19. The minimum atomic E-state index is -0.0290. The van der Waals surface area contributed by atoms with Crippen LogP contribution in [-0.2, 0) is 0 Å². The van der Waals surface area contributed by atoms with Gasteiger partial charge in [0.25, 0.3) is 0 Å². The van der Waals surface area contributed by atoms with Crippen molar-refractivity contribution in [1.82, 2.24) is 4.98 Å². The molecule has 13 heavy (non-hydrogen) atoms. The largest absolute Gasteiger partial charge is 0.321 e. The molecule has 2 nitrogen and oxygen atoms in total. The topological polar surface area (TPSA) is 38.9 Å². The number of aryl methyl sites for hydroxylation is 1. The molecule has 0 radical (unpaired) electrons. The van der Waals surface area contributed by atoms with Crippen LogP contribution in [0.15, 0.2) is 30.0 Å². The van der Waals surface area contributed by atoms with Crippen molar-refractivity contribution in [2.75, 3.05) is 0 Å². The number of nitrogens with two attached hydrogens (primary N) is 1. The third-order valence-electron chi connectivity index (χ3n) is 1.92. The van der Waals surface area contributed by atoms with Crippen molar-refractivity contribution >= 4 is 0 Å². The van der Waals surface area contributed by atoms with Crippen molar-refractivity contribution in [2.45, 2.75) is 26.8 Å². The van der Waals surface area contributed by atoms with Crippen molar-refractivity contribution < 1.29 is 0 Å². The summed E-state index contributed by atoms with van der Waals surface area (Å²) >= 11 is 0. The Labute approximate surface area is 79.5 Å². The van der Waals surface area contributed by atoms with Crippen LogP contribution >= 0.6 is 0 Å². The quantitative estimate of drug-likeness (QED) is 0.702. The molecule has 0 saturated carbocycles. The standard InChI is InChI=1S/C11H16N2/c1-8(2)7-11(12)10-5-4-6-13-9(10)3/h4-7,11H,12H2,1-3H3. The van der Waals surface area contributed by atoms with Gasteiger partial charge >= 0.3 is 0 Å². The first-order valence-corrected chi connectivity index (χ1v) is 4.43. The molecule has 70 valence electrons. The first-order chi connectivity index (χ1) is 6.11. The lowest BCUT2D eigenvalue weighted by Gasteiger charge is -2.09. The summed E-state index contributed by atoms with van der Waals surface area (Å²) in [6.07, 6.45) is 3.83. The van der Waals surface area contributed by atoms with Crippen LogP contribution in [0.3, 0.4) is 0 Å². The van der Waals surface area contributed by atoms with Crippen molar-refractivity contribution in [3.63, 3.8) is 0 Å². The van der Waals surface area contributed by atoms with Crippen LogP contribution in [-0.4, -0.2) is 4.98 Å². The monoisotopic (exact) mass is 176 g/mol. The summed E-state index contributed by atoms with van der Waals surface area (Å²) in [6, 6.07) is 3.91. The number of hydrogen-bond donors (Lipinski definition) is 1. The van der Waals surface area contributed by atoms with Crippen molar-refractivity contribution in [1.29, 1.82) is 0 Å². The summed E-state index contributed by atoms with van der Waals surface area (Å²) in [6.45, 7) is 6.07. The van der Waals surface area contributed by atoms with Gasteiger partial charge in [0.1, 0.15) is 0 Å². The summed E-state index contributed by atoms with van der Waals surface area (Å²) in [4.78, 5) is 4.20. The molecular weight excluding hydrogens is 160 g/mol. The highest BCUT2D eigenvalue weighted by molar-refractivity contribution is 5.26. The molecular formula is C11H16N2. The Morgan fingerprint density at radius 1 is 1.54 bits per heavy atom. The molecule has 0 bridgehead atoms. The maximum atomic E-state index is 5.98. The molecule has 1 atom stereocenters. The van der Waals surface area contributed by atoms with Crippen LogP contribution in [0, 0.1) is 6.92 Å². The number of pyridine rings is 1. The number of allylic oxidation sites excluding steroid dienone is 1. The lowest BCUT2D eigenvalue weighted by molar-refractivity contribution is 0.873. The van der Waals surface area contributed by atoms with Gasteiger partial charge in [-0.1, -0.05) is 17.7 Å². The number of aromatic nitrogens is 1. The van der Waals surface area contributed by atoms with E-state index in [4.69, 9.17) is 5.73 Å². The zero-order chi connectivity index (χ0) is 9.84. The third-order valence-corrected chi connectivity index (χ3v) is 1.92. The fraction of sp³-hybridized carbons (Fsp3) is 0.364. The fourth-order valence-corrected chi connectivity index (χ4v) is 1.30. The van der Waals surface area contributed by atoms with Crippen molar-refractivity contribution in [3.8, 4) is 0 Å². The number of nitrogens with zero attached hydrogens (tertiary/aromatic N) is 1. The molecule has 1 rings (SSSR count). The Hall–Kier alpha value is -1.15. The number of hydrogen-bond acceptors (Lipinski definition) is 2. The SMILES string of the molecule is CC(C)=CC(N)c1cccnc1C. The first-order valence-electron chi connectivity index (χ1n) is 4.43. The van der Waals surface area contributed by atoms with Crippen LogP contribution in [0.4, 0.5) is 0 Å². The Kier molecular flexibility index (Phi) is 3.20. The molecule has 1 unspecified atom stereocenters. The van der Waals surface area contributed by atoms with Gasteiger partial charge < -0.3 is 5.73 Å². The highest BCUT2D eigenvalue weighted by Gasteiger charge is 2.05. The average Bonchev–Trinajstić information content (AvgIpc) is 2.03. The predicted octanol–water partition coefficient (Wildman–Crippen LogP) is 2.36. The average molecular weight is 176 g/mol. The maximum absolute atomic E-state index is 5.98. The van der Waals surface area contributed by atoms with E-state index in [1.165, 1.54) is 5.57 Å². The Balaban J connectivity index is 2.95. The van der Waals surface area contributed by atoms with E-state index in [0.717, 1.165) is 11.3 Å². The molecule has 0 aliphatic carbocycles. The predicted molar refractivity (Wildman–Crippen MR) is 55.3 cm³/mol. The van der Waals surface area contributed by atoms with Gasteiger partial charge in [-0.25, -0.2) is 0 Å². The minimum Gasteiger partial charge on any atom is -0.321 e. The summed E-state index contributed by atoms with van der Waals surface area (Å²) < 4.78 is 0. The summed E-state index contributed by atoms with van der Waals surface area (Å²) in [5.41, 5.74) is 9.32. The third kappa shape index (κ3) is 2.67. The maximum Gasteiger partial charge on any atom is 0.0501 e. The Morgan fingerprint density at radius 3 is 2.77 bits per heavy atom. The van der Waals surface area contributed by atoms with Crippen LogP contribution in [0.2, 0.25) is 0 Å². The van der Waals surface area contributed by atoms with E-state index in [1.54, 1.807) is 6.20 Å². The molecule has 1 aromatic heterocycles. The fourth-order valence-electron chi connectivity index (χ4n) is 1.30. The van der Waals surface area contributed by atoms with Crippen LogP contribution in [0.25, 0.3) is 0 Å². The van der Waals surface area contributed by atoms with E-state index in [2.05, 4.69) is 4.98 Å². The molecule has 0 amide bonds. The van der Waals surface area contributed by atoms with Gasteiger partial charge in [0.15, 0.2) is 0 Å². The Bertz CT molecular complexity index is 312. The smallest absolute Gasteiger partial charge is 0.0501 e. The molecule has 2 heteroatoms. The second-order valence-corrected chi connectivity index (χ2v) is 3.45. The van der Waals surface area contributed by atoms with Gasteiger partial charge in [-0.2, -0.15) is 0 Å². The molecule has 0 aliphatic heterocycles. The highest BCUT2D eigenvalue weighted by Crippen LogP contribution is 2.15. The molecule has 1 aromatic rings. The van der Waals surface area contributed by atoms with Gasteiger partial charge in [-0.05, 0) is 32.4 Å². The molecule has 0 spiro atoms. The van der Waals surface area contributed by atoms with Crippen LogP contribution in [0.5, 0.6) is 0 Å². The minimum absolute atomic E-state index is 0.0290. The molecule has 2 N–H and O–H groups in total. The van der Waals surface area contributed by atoms with Crippen molar-refractivity contribution in [3.05, 3.63) is 41.2 Å². The van der Waals surface area contributed by atoms with E-state index < -0.39 is 0 Å². The van der Waals surface area contributed by atoms with E-state index in [9.17, 15) is 0 Å². The lowest BCUT2D eigenvalue weighted by Crippen LogP contribution is -2.09. The van der Waals surface area contributed by atoms with Crippen LogP contribution < -0.4 is 5.73 Å². The Morgan fingerprint density at radius 2 is 2.23 bits per heavy atom. The normalized spacial score (nSPS) is 12.3. The van der Waals surface area contributed by atoms with Crippen LogP contribution in [0.1, 0.15) is 31.1 Å². The van der Waals surface area contributed by atoms with E-state index >= 15 is 0 Å². The highest BCUT2D eigenvalue weighted by atomic mass is 14.7.